The second kappa shape index (κ2) is 6.42. The predicted octanol–water partition coefficient (Wildman–Crippen LogP) is 2.50. The lowest BCUT2D eigenvalue weighted by molar-refractivity contribution is 0.133. The molecule has 0 spiro atoms. The van der Waals surface area contributed by atoms with Gasteiger partial charge in [-0.15, -0.1) is 0 Å². The van der Waals surface area contributed by atoms with E-state index in [9.17, 15) is 4.79 Å². The van der Waals surface area contributed by atoms with Crippen molar-refractivity contribution in [2.75, 3.05) is 6.61 Å². The first-order valence-corrected chi connectivity index (χ1v) is 6.30. The molecule has 1 rings (SSSR count). The van der Waals surface area contributed by atoms with Gasteiger partial charge in [-0.05, 0) is 25.2 Å². The maximum Gasteiger partial charge on any atom is 0.407 e. The summed E-state index contributed by atoms with van der Waals surface area (Å²) in [6.45, 7) is 8.64. The monoisotopic (exact) mass is 253 g/mol. The van der Waals surface area contributed by atoms with E-state index in [1.54, 1.807) is 12.5 Å². The first-order valence-electron chi connectivity index (χ1n) is 6.30. The number of ether oxygens (including phenoxy) is 1. The number of H-pyrrole nitrogens is 1. The van der Waals surface area contributed by atoms with E-state index in [2.05, 4.69) is 36.1 Å². The number of nitrogens with one attached hydrogen (secondary N) is 2. The SMILES string of the molecule is C[C@H](NC(=O)OCCCc1cnc[nH]1)C(C)(C)C. The summed E-state index contributed by atoms with van der Waals surface area (Å²) in [5.74, 6) is 0. The van der Waals surface area contributed by atoms with E-state index in [1.807, 2.05) is 6.92 Å². The minimum Gasteiger partial charge on any atom is -0.450 e. The van der Waals surface area contributed by atoms with Gasteiger partial charge in [0.1, 0.15) is 0 Å². The quantitative estimate of drug-likeness (QED) is 0.792. The van der Waals surface area contributed by atoms with Crippen molar-refractivity contribution in [3.05, 3.63) is 18.2 Å². The van der Waals surface area contributed by atoms with Gasteiger partial charge in [-0.3, -0.25) is 0 Å². The zero-order chi connectivity index (χ0) is 13.6. The summed E-state index contributed by atoms with van der Waals surface area (Å²) in [5, 5.41) is 2.83. The van der Waals surface area contributed by atoms with Crippen molar-refractivity contribution in [2.24, 2.45) is 5.41 Å². The number of rotatable bonds is 5. The molecule has 0 aliphatic rings. The molecule has 0 aromatic carbocycles. The Hall–Kier alpha value is -1.52. The Morgan fingerprint density at radius 1 is 1.56 bits per heavy atom. The molecule has 0 aliphatic carbocycles. The molecule has 5 nitrogen and oxygen atoms in total. The molecule has 5 heteroatoms. The Bertz CT molecular complexity index is 355. The number of hydrogen-bond donors (Lipinski definition) is 2. The number of nitrogens with zero attached hydrogens (tertiary/aromatic N) is 1. The lowest BCUT2D eigenvalue weighted by Crippen LogP contribution is -2.41. The molecule has 2 N–H and O–H groups in total. The Balaban J connectivity index is 2.14. The molecule has 102 valence electrons. The molecule has 0 fully saturated rings. The van der Waals surface area contributed by atoms with Crippen molar-refractivity contribution in [1.82, 2.24) is 15.3 Å². The van der Waals surface area contributed by atoms with Gasteiger partial charge in [0.05, 0.1) is 12.9 Å². The molecule has 1 atom stereocenters. The van der Waals surface area contributed by atoms with Gasteiger partial charge < -0.3 is 15.0 Å². The van der Waals surface area contributed by atoms with E-state index in [-0.39, 0.29) is 17.6 Å². The van der Waals surface area contributed by atoms with E-state index in [1.165, 1.54) is 0 Å². The van der Waals surface area contributed by atoms with Crippen LogP contribution in [-0.4, -0.2) is 28.7 Å². The van der Waals surface area contributed by atoms with Crippen LogP contribution in [0.15, 0.2) is 12.5 Å². The minimum absolute atomic E-state index is 0.0366. The van der Waals surface area contributed by atoms with Crippen LogP contribution in [0.4, 0.5) is 4.79 Å². The molecule has 0 saturated carbocycles. The molecule has 1 aromatic heterocycles. The highest BCUT2D eigenvalue weighted by Crippen LogP contribution is 2.18. The summed E-state index contributed by atoms with van der Waals surface area (Å²) in [5.41, 5.74) is 1.09. The first-order chi connectivity index (χ1) is 8.39. The van der Waals surface area contributed by atoms with Gasteiger partial charge in [-0.1, -0.05) is 20.8 Å². The van der Waals surface area contributed by atoms with Gasteiger partial charge in [0, 0.05) is 17.9 Å². The van der Waals surface area contributed by atoms with Crippen molar-refractivity contribution < 1.29 is 9.53 Å². The highest BCUT2D eigenvalue weighted by Gasteiger charge is 2.21. The lowest BCUT2D eigenvalue weighted by Gasteiger charge is -2.27. The number of amides is 1. The second-order valence-corrected chi connectivity index (χ2v) is 5.55. The molecule has 1 amide bonds. The van der Waals surface area contributed by atoms with E-state index < -0.39 is 0 Å². The fraction of sp³-hybridized carbons (Fsp3) is 0.692. The highest BCUT2D eigenvalue weighted by molar-refractivity contribution is 5.67. The van der Waals surface area contributed by atoms with Crippen LogP contribution in [0.25, 0.3) is 0 Å². The smallest absolute Gasteiger partial charge is 0.407 e. The van der Waals surface area contributed by atoms with E-state index in [0.717, 1.165) is 18.5 Å². The number of aryl methyl sites for hydroxylation is 1. The van der Waals surface area contributed by atoms with Gasteiger partial charge in [-0.2, -0.15) is 0 Å². The van der Waals surface area contributed by atoms with E-state index in [4.69, 9.17) is 4.74 Å². The summed E-state index contributed by atoms with van der Waals surface area (Å²) in [6.07, 6.45) is 4.71. The molecular formula is C13H23N3O2. The summed E-state index contributed by atoms with van der Waals surface area (Å²) in [6, 6.07) is 0.0811. The van der Waals surface area contributed by atoms with Crippen molar-refractivity contribution in [3.63, 3.8) is 0 Å². The molecular weight excluding hydrogens is 230 g/mol. The number of aromatic nitrogens is 2. The van der Waals surface area contributed by atoms with Crippen molar-refractivity contribution in [3.8, 4) is 0 Å². The zero-order valence-electron chi connectivity index (χ0n) is 11.6. The maximum atomic E-state index is 11.5. The Morgan fingerprint density at radius 2 is 2.28 bits per heavy atom. The number of hydrogen-bond acceptors (Lipinski definition) is 3. The summed E-state index contributed by atoms with van der Waals surface area (Å²) >= 11 is 0. The average molecular weight is 253 g/mol. The van der Waals surface area contributed by atoms with E-state index in [0.29, 0.717) is 6.61 Å². The average Bonchev–Trinajstić information content (AvgIpc) is 2.75. The van der Waals surface area contributed by atoms with Gasteiger partial charge in [0.2, 0.25) is 0 Å². The predicted molar refractivity (Wildman–Crippen MR) is 70.3 cm³/mol. The number of carbonyl (C=O) groups is 1. The summed E-state index contributed by atoms with van der Waals surface area (Å²) in [4.78, 5) is 18.4. The van der Waals surface area contributed by atoms with E-state index >= 15 is 0 Å². The standard InChI is InChI=1S/C13H23N3O2/c1-10(13(2,3)4)16-12(17)18-7-5-6-11-8-14-9-15-11/h8-10H,5-7H2,1-4H3,(H,14,15)(H,16,17)/t10-/m0/s1. The van der Waals surface area contributed by atoms with Crippen LogP contribution in [0.2, 0.25) is 0 Å². The van der Waals surface area contributed by atoms with Crippen LogP contribution >= 0.6 is 0 Å². The number of carbonyl (C=O) groups excluding carboxylic acids is 1. The van der Waals surface area contributed by atoms with Crippen molar-refractivity contribution >= 4 is 6.09 Å². The molecule has 1 heterocycles. The van der Waals surface area contributed by atoms with Crippen LogP contribution < -0.4 is 5.32 Å². The fourth-order valence-electron chi connectivity index (χ4n) is 1.28. The number of aromatic amines is 1. The summed E-state index contributed by atoms with van der Waals surface area (Å²) < 4.78 is 5.12. The highest BCUT2D eigenvalue weighted by atomic mass is 16.5. The van der Waals surface area contributed by atoms with Crippen LogP contribution in [0.1, 0.15) is 39.8 Å². The van der Waals surface area contributed by atoms with Crippen LogP contribution in [0.3, 0.4) is 0 Å². The topological polar surface area (TPSA) is 67.0 Å². The largest absolute Gasteiger partial charge is 0.450 e. The van der Waals surface area contributed by atoms with Crippen molar-refractivity contribution in [1.29, 1.82) is 0 Å². The Labute approximate surface area is 108 Å². The lowest BCUT2D eigenvalue weighted by atomic mass is 9.88. The van der Waals surface area contributed by atoms with Crippen LogP contribution in [0, 0.1) is 5.41 Å². The normalized spacial score (nSPS) is 13.1. The van der Waals surface area contributed by atoms with Crippen LogP contribution in [-0.2, 0) is 11.2 Å². The minimum atomic E-state index is -0.345. The molecule has 0 aliphatic heterocycles. The van der Waals surface area contributed by atoms with Gasteiger partial charge >= 0.3 is 6.09 Å². The van der Waals surface area contributed by atoms with Crippen molar-refractivity contribution in [2.45, 2.75) is 46.6 Å². The third-order valence-corrected chi connectivity index (χ3v) is 3.01. The summed E-state index contributed by atoms with van der Waals surface area (Å²) in [7, 11) is 0. The van der Waals surface area contributed by atoms with Gasteiger partial charge in [-0.25, -0.2) is 9.78 Å². The second-order valence-electron chi connectivity index (χ2n) is 5.55. The number of imidazole rings is 1. The fourth-order valence-corrected chi connectivity index (χ4v) is 1.28. The zero-order valence-corrected chi connectivity index (χ0v) is 11.6. The van der Waals surface area contributed by atoms with Crippen LogP contribution in [0.5, 0.6) is 0 Å². The first kappa shape index (κ1) is 14.5. The third kappa shape index (κ3) is 5.21. The third-order valence-electron chi connectivity index (χ3n) is 3.01. The molecule has 0 unspecified atom stereocenters. The van der Waals surface area contributed by atoms with Gasteiger partial charge in [0.15, 0.2) is 0 Å². The molecule has 0 radical (unpaired) electrons. The van der Waals surface area contributed by atoms with Gasteiger partial charge in [0.25, 0.3) is 0 Å². The maximum absolute atomic E-state index is 11.5. The Kier molecular flexibility index (Phi) is 5.19. The molecule has 18 heavy (non-hydrogen) atoms. The molecule has 1 aromatic rings. The number of alkyl carbamates (subject to hydrolysis) is 1. The molecule has 0 saturated heterocycles. The Morgan fingerprint density at radius 3 is 2.83 bits per heavy atom. The molecule has 0 bridgehead atoms.